The fourth-order valence-electron chi connectivity index (χ4n) is 2.24. The number of benzene rings is 1. The van der Waals surface area contributed by atoms with Crippen LogP contribution in [0.25, 0.3) is 0 Å². The van der Waals surface area contributed by atoms with Gasteiger partial charge in [-0.15, -0.1) is 23.7 Å². The van der Waals surface area contributed by atoms with Crippen LogP contribution in [0.15, 0.2) is 46.7 Å². The summed E-state index contributed by atoms with van der Waals surface area (Å²) in [5.74, 6) is -0.292. The maximum atomic E-state index is 12.4. The Morgan fingerprint density at radius 1 is 1.23 bits per heavy atom. The van der Waals surface area contributed by atoms with E-state index in [2.05, 4.69) is 15.4 Å². The highest BCUT2D eigenvalue weighted by molar-refractivity contribution is 7.89. The van der Waals surface area contributed by atoms with Crippen LogP contribution in [0.3, 0.4) is 0 Å². The molecule has 1 aromatic heterocycles. The molecule has 1 aromatic carbocycles. The average Bonchev–Trinajstić information content (AvgIpc) is 3.12. The van der Waals surface area contributed by atoms with E-state index in [1.807, 2.05) is 31.4 Å². The smallest absolute Gasteiger partial charge is 0.251 e. The number of thiophene rings is 1. The molecule has 0 saturated heterocycles. The molecular weight excluding hydrogens is 394 g/mol. The van der Waals surface area contributed by atoms with E-state index in [4.69, 9.17) is 0 Å². The molecule has 1 heterocycles. The molecule has 2 rings (SSSR count). The van der Waals surface area contributed by atoms with Crippen molar-refractivity contribution in [2.45, 2.75) is 31.3 Å². The van der Waals surface area contributed by atoms with Crippen LogP contribution >= 0.6 is 23.7 Å². The molecule has 0 aliphatic carbocycles. The van der Waals surface area contributed by atoms with Gasteiger partial charge in [0.15, 0.2) is 0 Å². The highest BCUT2D eigenvalue weighted by Gasteiger charge is 2.16. The SMILES string of the molecule is CCN[C@H](C)CNC(=O)c1cccc(S(=O)(=O)NCc2cccs2)c1.Cl. The molecule has 1 amide bonds. The summed E-state index contributed by atoms with van der Waals surface area (Å²) in [6, 6.07) is 9.93. The van der Waals surface area contributed by atoms with Crippen molar-refractivity contribution >= 4 is 39.7 Å². The van der Waals surface area contributed by atoms with Crippen LogP contribution in [-0.4, -0.2) is 33.5 Å². The Hall–Kier alpha value is -1.45. The molecule has 0 aliphatic rings. The second-order valence-corrected chi connectivity index (χ2v) is 8.40. The number of carbonyl (C=O) groups excluding carboxylic acids is 1. The number of rotatable bonds is 9. The first kappa shape index (κ1) is 22.6. The van der Waals surface area contributed by atoms with Crippen LogP contribution in [0.4, 0.5) is 0 Å². The lowest BCUT2D eigenvalue weighted by Crippen LogP contribution is -2.38. The van der Waals surface area contributed by atoms with Gasteiger partial charge in [-0.05, 0) is 43.1 Å². The first-order chi connectivity index (χ1) is 11.9. The van der Waals surface area contributed by atoms with Crippen LogP contribution in [-0.2, 0) is 16.6 Å². The van der Waals surface area contributed by atoms with Crippen molar-refractivity contribution in [3.63, 3.8) is 0 Å². The highest BCUT2D eigenvalue weighted by atomic mass is 35.5. The van der Waals surface area contributed by atoms with E-state index in [-0.39, 0.29) is 35.8 Å². The Bertz CT molecular complexity index is 795. The highest BCUT2D eigenvalue weighted by Crippen LogP contribution is 2.14. The Kier molecular flexibility index (Phi) is 9.24. The topological polar surface area (TPSA) is 87.3 Å². The van der Waals surface area contributed by atoms with Gasteiger partial charge < -0.3 is 10.6 Å². The Morgan fingerprint density at radius 3 is 2.65 bits per heavy atom. The standard InChI is InChI=1S/C17H23N3O3S2.ClH/c1-3-18-13(2)11-19-17(21)14-6-4-8-16(10-14)25(22,23)20-12-15-7-5-9-24-15;/h4-10,13,18,20H,3,11-12H2,1-2H3,(H,19,21);1H/t13-;/m1./s1. The van der Waals surface area contributed by atoms with Gasteiger partial charge in [-0.1, -0.05) is 19.1 Å². The van der Waals surface area contributed by atoms with E-state index in [1.165, 1.54) is 23.5 Å². The third kappa shape index (κ3) is 6.69. The Morgan fingerprint density at radius 2 is 2.00 bits per heavy atom. The quantitative estimate of drug-likeness (QED) is 0.584. The first-order valence-electron chi connectivity index (χ1n) is 8.06. The van der Waals surface area contributed by atoms with Crippen molar-refractivity contribution in [3.8, 4) is 0 Å². The molecule has 3 N–H and O–H groups in total. The van der Waals surface area contributed by atoms with Gasteiger partial charge in [0.25, 0.3) is 5.91 Å². The zero-order chi connectivity index (χ0) is 18.3. The van der Waals surface area contributed by atoms with Gasteiger partial charge in [0.05, 0.1) is 4.90 Å². The molecule has 0 spiro atoms. The number of likely N-dealkylation sites (N-methyl/N-ethyl adjacent to an activating group) is 1. The normalized spacial score (nSPS) is 12.2. The molecule has 9 heteroatoms. The van der Waals surface area contributed by atoms with Gasteiger partial charge in [0.2, 0.25) is 10.0 Å². The Balaban J connectivity index is 0.00000338. The fraction of sp³-hybridized carbons (Fsp3) is 0.353. The molecule has 0 fully saturated rings. The van der Waals surface area contributed by atoms with Crippen LogP contribution in [0.1, 0.15) is 29.1 Å². The van der Waals surface area contributed by atoms with Crippen LogP contribution in [0, 0.1) is 0 Å². The molecule has 6 nitrogen and oxygen atoms in total. The van der Waals surface area contributed by atoms with E-state index in [0.29, 0.717) is 12.1 Å². The van der Waals surface area contributed by atoms with Gasteiger partial charge in [-0.2, -0.15) is 0 Å². The van der Waals surface area contributed by atoms with Crippen molar-refractivity contribution < 1.29 is 13.2 Å². The summed E-state index contributed by atoms with van der Waals surface area (Å²) >= 11 is 1.48. The van der Waals surface area contributed by atoms with E-state index in [1.54, 1.807) is 12.1 Å². The number of amides is 1. The van der Waals surface area contributed by atoms with E-state index in [0.717, 1.165) is 11.4 Å². The molecular formula is C17H24ClN3O3S2. The summed E-state index contributed by atoms with van der Waals surface area (Å²) in [6.07, 6.45) is 0. The second kappa shape index (κ2) is 10.6. The number of hydrogen-bond donors (Lipinski definition) is 3. The molecule has 26 heavy (non-hydrogen) atoms. The predicted octanol–water partition coefficient (Wildman–Crippen LogP) is 2.38. The molecule has 0 saturated carbocycles. The maximum absolute atomic E-state index is 12.4. The zero-order valence-corrected chi connectivity index (χ0v) is 17.1. The van der Waals surface area contributed by atoms with Crippen LogP contribution in [0.2, 0.25) is 0 Å². The molecule has 144 valence electrons. The third-order valence-corrected chi connectivity index (χ3v) is 5.82. The molecule has 0 bridgehead atoms. The van der Waals surface area contributed by atoms with Crippen molar-refractivity contribution in [2.24, 2.45) is 0 Å². The van der Waals surface area contributed by atoms with Crippen molar-refractivity contribution in [1.29, 1.82) is 0 Å². The van der Waals surface area contributed by atoms with Gasteiger partial charge in [-0.25, -0.2) is 13.1 Å². The zero-order valence-electron chi connectivity index (χ0n) is 14.7. The molecule has 1 atom stereocenters. The summed E-state index contributed by atoms with van der Waals surface area (Å²) in [5, 5.41) is 7.89. The molecule has 0 aliphatic heterocycles. The van der Waals surface area contributed by atoms with Gasteiger partial charge in [0, 0.05) is 29.6 Å². The minimum atomic E-state index is -3.67. The van der Waals surface area contributed by atoms with Crippen LogP contribution in [0.5, 0.6) is 0 Å². The number of nitrogens with one attached hydrogen (secondary N) is 3. The number of sulfonamides is 1. The maximum Gasteiger partial charge on any atom is 0.251 e. The van der Waals surface area contributed by atoms with Gasteiger partial charge in [-0.3, -0.25) is 4.79 Å². The van der Waals surface area contributed by atoms with E-state index >= 15 is 0 Å². The fourth-order valence-corrected chi connectivity index (χ4v) is 4.02. The van der Waals surface area contributed by atoms with Gasteiger partial charge >= 0.3 is 0 Å². The lowest BCUT2D eigenvalue weighted by Gasteiger charge is -2.13. The minimum absolute atomic E-state index is 0. The summed E-state index contributed by atoms with van der Waals surface area (Å²) in [4.78, 5) is 13.2. The minimum Gasteiger partial charge on any atom is -0.350 e. The largest absolute Gasteiger partial charge is 0.350 e. The van der Waals surface area contributed by atoms with Crippen LogP contribution < -0.4 is 15.4 Å². The predicted molar refractivity (Wildman–Crippen MR) is 108 cm³/mol. The first-order valence-corrected chi connectivity index (χ1v) is 10.4. The van der Waals surface area contributed by atoms with E-state index in [9.17, 15) is 13.2 Å². The molecule has 0 unspecified atom stereocenters. The third-order valence-electron chi connectivity index (χ3n) is 3.54. The monoisotopic (exact) mass is 417 g/mol. The van der Waals surface area contributed by atoms with Crippen molar-refractivity contribution in [2.75, 3.05) is 13.1 Å². The number of carbonyl (C=O) groups is 1. The number of halogens is 1. The average molecular weight is 418 g/mol. The number of hydrogen-bond acceptors (Lipinski definition) is 5. The van der Waals surface area contributed by atoms with Crippen molar-refractivity contribution in [3.05, 3.63) is 52.2 Å². The summed E-state index contributed by atoms with van der Waals surface area (Å²) in [5.41, 5.74) is 0.322. The molecule has 0 radical (unpaired) electrons. The summed E-state index contributed by atoms with van der Waals surface area (Å²) in [6.45, 7) is 5.49. The van der Waals surface area contributed by atoms with Crippen molar-refractivity contribution in [1.82, 2.24) is 15.4 Å². The summed E-state index contributed by atoms with van der Waals surface area (Å²) < 4.78 is 27.4. The molecule has 2 aromatic rings. The lowest BCUT2D eigenvalue weighted by atomic mass is 10.2. The summed E-state index contributed by atoms with van der Waals surface area (Å²) in [7, 11) is -3.67. The van der Waals surface area contributed by atoms with E-state index < -0.39 is 10.0 Å². The van der Waals surface area contributed by atoms with Gasteiger partial charge in [0.1, 0.15) is 0 Å². The Labute approximate surface area is 164 Å². The lowest BCUT2D eigenvalue weighted by molar-refractivity contribution is 0.0950. The second-order valence-electron chi connectivity index (χ2n) is 5.60.